The van der Waals surface area contributed by atoms with Gasteiger partial charge in [0.2, 0.25) is 0 Å². The van der Waals surface area contributed by atoms with Crippen LogP contribution in [0.4, 0.5) is 0 Å². The summed E-state index contributed by atoms with van der Waals surface area (Å²) in [6, 6.07) is 8.89. The van der Waals surface area contributed by atoms with Crippen molar-refractivity contribution in [3.8, 4) is 0 Å². The third-order valence-electron chi connectivity index (χ3n) is 3.86. The molecule has 1 heterocycles. The van der Waals surface area contributed by atoms with E-state index < -0.39 is 0 Å². The number of amides is 1. The molecule has 1 aromatic carbocycles. The second-order valence-corrected chi connectivity index (χ2v) is 6.67. The first kappa shape index (κ1) is 23.6. The van der Waals surface area contributed by atoms with Crippen LogP contribution in [-0.4, -0.2) is 48.5 Å². The van der Waals surface area contributed by atoms with Gasteiger partial charge in [0, 0.05) is 46.1 Å². The highest BCUT2D eigenvalue weighted by molar-refractivity contribution is 14.0. The summed E-state index contributed by atoms with van der Waals surface area (Å²) >= 11 is 12.0. The van der Waals surface area contributed by atoms with Crippen molar-refractivity contribution in [1.82, 2.24) is 20.1 Å². The highest BCUT2D eigenvalue weighted by Crippen LogP contribution is 2.15. The number of benzene rings is 1. The van der Waals surface area contributed by atoms with Crippen LogP contribution in [0.25, 0.3) is 0 Å². The van der Waals surface area contributed by atoms with E-state index in [1.54, 1.807) is 31.3 Å². The van der Waals surface area contributed by atoms with Gasteiger partial charge in [-0.15, -0.1) is 24.0 Å². The van der Waals surface area contributed by atoms with Gasteiger partial charge < -0.3 is 20.1 Å². The van der Waals surface area contributed by atoms with Crippen LogP contribution in [0.2, 0.25) is 10.0 Å². The second-order valence-electron chi connectivity index (χ2n) is 5.83. The lowest BCUT2D eigenvalue weighted by Gasteiger charge is -2.22. The van der Waals surface area contributed by atoms with Gasteiger partial charge in [-0.3, -0.25) is 9.79 Å². The maximum Gasteiger partial charge on any atom is 0.252 e. The summed E-state index contributed by atoms with van der Waals surface area (Å²) in [5.74, 6) is 0.536. The average Bonchev–Trinajstić information content (AvgIpc) is 2.92. The third-order valence-corrected chi connectivity index (χ3v) is 4.40. The first-order valence-corrected chi connectivity index (χ1v) is 8.93. The Kier molecular flexibility index (Phi) is 9.97. The number of nitrogens with zero attached hydrogens (tertiary/aromatic N) is 3. The van der Waals surface area contributed by atoms with E-state index in [0.717, 1.165) is 11.7 Å². The van der Waals surface area contributed by atoms with Gasteiger partial charge >= 0.3 is 0 Å². The monoisotopic (exact) mass is 523 g/mol. The second kappa shape index (κ2) is 11.4. The Morgan fingerprint density at radius 1 is 1.22 bits per heavy atom. The SMILES string of the molecule is CN=C(NCCNC(=O)c1ccccc1Cl)N(C)Cc1cc(Cl)cn1C.I. The van der Waals surface area contributed by atoms with Crippen LogP contribution in [0.5, 0.6) is 0 Å². The first-order chi connectivity index (χ1) is 12.4. The molecular formula is C18H24Cl2IN5O. The smallest absolute Gasteiger partial charge is 0.252 e. The number of aliphatic imine (C=N–C) groups is 1. The van der Waals surface area contributed by atoms with Crippen LogP contribution in [0.1, 0.15) is 16.1 Å². The quantitative estimate of drug-likeness (QED) is 0.264. The Labute approximate surface area is 186 Å². The number of rotatable bonds is 6. The molecule has 0 spiro atoms. The standard InChI is InChI=1S/C18H23Cl2N5O.HI/c1-21-18(25(3)12-14-10-13(19)11-24(14)2)23-9-8-22-17(26)15-6-4-5-7-16(15)20;/h4-7,10-11H,8-9,12H2,1-3H3,(H,21,23)(H,22,26);1H. The number of hydrogen-bond acceptors (Lipinski definition) is 2. The van der Waals surface area contributed by atoms with Gasteiger partial charge in [-0.05, 0) is 18.2 Å². The Hall–Kier alpha value is -1.45. The topological polar surface area (TPSA) is 61.7 Å². The number of aromatic nitrogens is 1. The summed E-state index contributed by atoms with van der Waals surface area (Å²) in [5.41, 5.74) is 1.55. The van der Waals surface area contributed by atoms with Gasteiger partial charge in [0.05, 0.1) is 22.2 Å². The van der Waals surface area contributed by atoms with Gasteiger partial charge in [-0.2, -0.15) is 0 Å². The molecule has 2 rings (SSSR count). The zero-order chi connectivity index (χ0) is 19.1. The number of nitrogens with one attached hydrogen (secondary N) is 2. The van der Waals surface area contributed by atoms with Crippen molar-refractivity contribution in [2.24, 2.45) is 12.0 Å². The molecule has 0 aliphatic carbocycles. The van der Waals surface area contributed by atoms with Crippen LogP contribution in [-0.2, 0) is 13.6 Å². The molecule has 1 aromatic heterocycles. The van der Waals surface area contributed by atoms with E-state index in [0.29, 0.717) is 35.2 Å². The summed E-state index contributed by atoms with van der Waals surface area (Å²) in [6.45, 7) is 1.66. The van der Waals surface area contributed by atoms with Gasteiger partial charge in [-0.1, -0.05) is 35.3 Å². The van der Waals surface area contributed by atoms with E-state index in [2.05, 4.69) is 15.6 Å². The molecule has 2 N–H and O–H groups in total. The Morgan fingerprint density at radius 2 is 1.89 bits per heavy atom. The lowest BCUT2D eigenvalue weighted by atomic mass is 10.2. The summed E-state index contributed by atoms with van der Waals surface area (Å²) < 4.78 is 1.98. The Morgan fingerprint density at radius 3 is 2.48 bits per heavy atom. The number of carbonyl (C=O) groups is 1. The van der Waals surface area contributed by atoms with Crippen molar-refractivity contribution < 1.29 is 4.79 Å². The predicted molar refractivity (Wildman–Crippen MR) is 122 cm³/mol. The van der Waals surface area contributed by atoms with Gasteiger partial charge in [0.15, 0.2) is 5.96 Å². The molecule has 0 bridgehead atoms. The first-order valence-electron chi connectivity index (χ1n) is 8.17. The fraction of sp³-hybridized carbons (Fsp3) is 0.333. The molecule has 6 nitrogen and oxygen atoms in total. The minimum Gasteiger partial charge on any atom is -0.354 e. The van der Waals surface area contributed by atoms with Crippen LogP contribution in [0, 0.1) is 0 Å². The molecule has 1 amide bonds. The number of halogens is 3. The molecule has 0 fully saturated rings. The number of hydrogen-bond donors (Lipinski definition) is 2. The molecule has 27 heavy (non-hydrogen) atoms. The molecule has 9 heteroatoms. The summed E-state index contributed by atoms with van der Waals surface area (Å²) in [4.78, 5) is 18.4. The maximum atomic E-state index is 12.1. The van der Waals surface area contributed by atoms with Gasteiger partial charge in [0.25, 0.3) is 5.91 Å². The highest BCUT2D eigenvalue weighted by atomic mass is 127. The van der Waals surface area contributed by atoms with Crippen LogP contribution in [0.15, 0.2) is 41.5 Å². The van der Waals surface area contributed by atoms with E-state index in [1.807, 2.05) is 35.8 Å². The summed E-state index contributed by atoms with van der Waals surface area (Å²) in [5, 5.41) is 7.21. The summed E-state index contributed by atoms with van der Waals surface area (Å²) in [6.07, 6.45) is 1.87. The predicted octanol–water partition coefficient (Wildman–Crippen LogP) is 3.39. The minimum atomic E-state index is -0.195. The maximum absolute atomic E-state index is 12.1. The number of guanidine groups is 1. The molecule has 0 saturated heterocycles. The van der Waals surface area contributed by atoms with Crippen LogP contribution >= 0.6 is 47.2 Å². The molecule has 2 aromatic rings. The average molecular weight is 524 g/mol. The third kappa shape index (κ3) is 6.90. The highest BCUT2D eigenvalue weighted by Gasteiger charge is 2.11. The Balaban J connectivity index is 0.00000364. The molecule has 0 saturated carbocycles. The summed E-state index contributed by atoms with van der Waals surface area (Å²) in [7, 11) is 5.62. The van der Waals surface area contributed by atoms with E-state index in [4.69, 9.17) is 23.2 Å². The number of carbonyl (C=O) groups excluding carboxylic acids is 1. The lowest BCUT2D eigenvalue weighted by molar-refractivity contribution is 0.0954. The largest absolute Gasteiger partial charge is 0.354 e. The van der Waals surface area contributed by atoms with E-state index in [-0.39, 0.29) is 29.9 Å². The Bertz CT molecular complexity index is 794. The molecule has 0 aliphatic rings. The zero-order valence-electron chi connectivity index (χ0n) is 15.5. The number of aryl methyl sites for hydroxylation is 1. The lowest BCUT2D eigenvalue weighted by Crippen LogP contribution is -2.42. The van der Waals surface area contributed by atoms with Crippen LogP contribution in [0.3, 0.4) is 0 Å². The fourth-order valence-electron chi connectivity index (χ4n) is 2.52. The minimum absolute atomic E-state index is 0. The molecule has 0 atom stereocenters. The fourth-order valence-corrected chi connectivity index (χ4v) is 3.01. The normalized spacial score (nSPS) is 10.9. The molecule has 0 radical (unpaired) electrons. The van der Waals surface area contributed by atoms with Crippen molar-refractivity contribution in [3.63, 3.8) is 0 Å². The van der Waals surface area contributed by atoms with Crippen molar-refractivity contribution in [2.45, 2.75) is 6.54 Å². The zero-order valence-corrected chi connectivity index (χ0v) is 19.3. The van der Waals surface area contributed by atoms with Gasteiger partial charge in [-0.25, -0.2) is 0 Å². The molecular weight excluding hydrogens is 500 g/mol. The molecule has 0 aliphatic heterocycles. The molecule has 148 valence electrons. The molecule has 0 unspecified atom stereocenters. The van der Waals surface area contributed by atoms with Crippen molar-refractivity contribution in [3.05, 3.63) is 57.8 Å². The van der Waals surface area contributed by atoms with Crippen molar-refractivity contribution in [1.29, 1.82) is 0 Å². The van der Waals surface area contributed by atoms with Crippen LogP contribution < -0.4 is 10.6 Å². The van der Waals surface area contributed by atoms with E-state index in [9.17, 15) is 4.79 Å². The van der Waals surface area contributed by atoms with Crippen molar-refractivity contribution in [2.75, 3.05) is 27.2 Å². The van der Waals surface area contributed by atoms with Gasteiger partial charge in [0.1, 0.15) is 0 Å². The van der Waals surface area contributed by atoms with Crippen molar-refractivity contribution >= 4 is 59.0 Å². The van der Waals surface area contributed by atoms with E-state index in [1.165, 1.54) is 0 Å². The van der Waals surface area contributed by atoms with E-state index >= 15 is 0 Å².